The van der Waals surface area contributed by atoms with Gasteiger partial charge in [-0.25, -0.2) is 0 Å². The predicted octanol–water partition coefficient (Wildman–Crippen LogP) is 3.82. The number of aryl methyl sites for hydroxylation is 1. The smallest absolute Gasteiger partial charge is 0.174 e. The minimum Gasteiger partial charge on any atom is -0.484 e. The molecular weight excluding hydrogens is 320 g/mol. The van der Waals surface area contributed by atoms with Crippen LogP contribution in [0.4, 0.5) is 0 Å². The molecule has 0 saturated heterocycles. The monoisotopic (exact) mass is 338 g/mol. The maximum atomic E-state index is 5.72. The molecule has 0 aliphatic heterocycles. The minimum atomic E-state index is 0.371. The van der Waals surface area contributed by atoms with E-state index in [0.29, 0.717) is 19.2 Å². The summed E-state index contributed by atoms with van der Waals surface area (Å²) in [5.74, 6) is 1.52. The average Bonchev–Trinajstić information content (AvgIpc) is 2.83. The Balaban J connectivity index is 1.90. The second-order valence-corrected chi connectivity index (χ2v) is 5.90. The van der Waals surface area contributed by atoms with Crippen molar-refractivity contribution in [2.75, 3.05) is 0 Å². The number of rotatable bonds is 6. The highest BCUT2D eigenvalue weighted by atomic mass is 79.9. The quantitative estimate of drug-likeness (QED) is 0.869. The highest BCUT2D eigenvalue weighted by molar-refractivity contribution is 9.10. The first kappa shape index (κ1) is 15.1. The second kappa shape index (κ2) is 6.90. The van der Waals surface area contributed by atoms with Gasteiger partial charge in [0.1, 0.15) is 12.4 Å². The Bertz CT molecular complexity index is 567. The fourth-order valence-electron chi connectivity index (χ4n) is 1.69. The lowest BCUT2D eigenvalue weighted by molar-refractivity contribution is 0.247. The number of ether oxygens (including phenoxy) is 1. The molecule has 0 aliphatic rings. The van der Waals surface area contributed by atoms with Gasteiger partial charge >= 0.3 is 0 Å². The van der Waals surface area contributed by atoms with Crippen LogP contribution in [0.5, 0.6) is 5.75 Å². The number of nitrogens with zero attached hydrogens (tertiary/aromatic N) is 1. The van der Waals surface area contributed by atoms with Crippen LogP contribution in [0, 0.1) is 6.92 Å². The van der Waals surface area contributed by atoms with E-state index in [0.717, 1.165) is 21.7 Å². The number of nitrogens with one attached hydrogen (secondary N) is 1. The Kier molecular flexibility index (Phi) is 5.20. The molecule has 2 rings (SSSR count). The summed E-state index contributed by atoms with van der Waals surface area (Å²) in [5.41, 5.74) is 2.08. The normalized spacial score (nSPS) is 11.1. The van der Waals surface area contributed by atoms with E-state index in [9.17, 15) is 0 Å². The molecule has 1 aromatic carbocycles. The van der Waals surface area contributed by atoms with Crippen LogP contribution in [0.3, 0.4) is 0 Å². The van der Waals surface area contributed by atoms with Gasteiger partial charge in [-0.15, -0.1) is 0 Å². The van der Waals surface area contributed by atoms with E-state index < -0.39 is 0 Å². The minimum absolute atomic E-state index is 0.371. The van der Waals surface area contributed by atoms with Crippen LogP contribution in [0.25, 0.3) is 0 Å². The maximum Gasteiger partial charge on any atom is 0.174 e. The van der Waals surface area contributed by atoms with Crippen molar-refractivity contribution >= 4 is 15.9 Å². The Labute approximate surface area is 127 Å². The third-order valence-electron chi connectivity index (χ3n) is 2.76. The van der Waals surface area contributed by atoms with Gasteiger partial charge in [0, 0.05) is 18.7 Å². The van der Waals surface area contributed by atoms with Gasteiger partial charge in [0.2, 0.25) is 0 Å². The Morgan fingerprint density at radius 2 is 2.15 bits per heavy atom. The summed E-state index contributed by atoms with van der Waals surface area (Å²) >= 11 is 3.49. The summed E-state index contributed by atoms with van der Waals surface area (Å²) in [6.07, 6.45) is 0. The molecule has 0 radical (unpaired) electrons. The lowest BCUT2D eigenvalue weighted by Crippen LogP contribution is -2.21. The molecule has 0 amide bonds. The molecule has 1 heterocycles. The topological polar surface area (TPSA) is 47.3 Å². The van der Waals surface area contributed by atoms with Crippen LogP contribution < -0.4 is 10.1 Å². The van der Waals surface area contributed by atoms with Gasteiger partial charge in [0.05, 0.1) is 10.2 Å². The summed E-state index contributed by atoms with van der Waals surface area (Å²) in [6, 6.07) is 8.32. The molecule has 20 heavy (non-hydrogen) atoms. The predicted molar refractivity (Wildman–Crippen MR) is 81.7 cm³/mol. The lowest BCUT2D eigenvalue weighted by Gasteiger charge is -2.06. The standard InChI is InChI=1S/C15H19BrN2O2/c1-10(2)17-8-12-7-13(20-18-12)9-19-15-5-4-11(3)6-14(15)16/h4-7,10,17H,8-9H2,1-3H3. The molecule has 1 N–H and O–H groups in total. The van der Waals surface area contributed by atoms with Gasteiger partial charge in [-0.2, -0.15) is 0 Å². The third kappa shape index (κ3) is 4.35. The van der Waals surface area contributed by atoms with Crippen LogP contribution in [-0.4, -0.2) is 11.2 Å². The van der Waals surface area contributed by atoms with Crippen molar-refractivity contribution in [3.05, 3.63) is 45.8 Å². The zero-order chi connectivity index (χ0) is 14.5. The van der Waals surface area contributed by atoms with Gasteiger partial charge in [0.25, 0.3) is 0 Å². The van der Waals surface area contributed by atoms with Gasteiger partial charge in [-0.05, 0) is 40.5 Å². The van der Waals surface area contributed by atoms with Crippen LogP contribution in [0.2, 0.25) is 0 Å². The number of hydrogen-bond acceptors (Lipinski definition) is 4. The number of benzene rings is 1. The van der Waals surface area contributed by atoms with Gasteiger partial charge in [-0.1, -0.05) is 25.1 Å². The number of halogens is 1. The highest BCUT2D eigenvalue weighted by Crippen LogP contribution is 2.26. The van der Waals surface area contributed by atoms with E-state index in [2.05, 4.69) is 40.3 Å². The summed E-state index contributed by atoms with van der Waals surface area (Å²) in [6.45, 7) is 7.31. The SMILES string of the molecule is Cc1ccc(OCc2cc(CNC(C)C)no2)c(Br)c1. The van der Waals surface area contributed by atoms with Gasteiger partial charge < -0.3 is 14.6 Å². The molecule has 1 aromatic heterocycles. The van der Waals surface area contributed by atoms with Crippen LogP contribution in [0.15, 0.2) is 33.3 Å². The molecule has 108 valence electrons. The van der Waals surface area contributed by atoms with Crippen LogP contribution >= 0.6 is 15.9 Å². The Morgan fingerprint density at radius 1 is 1.35 bits per heavy atom. The van der Waals surface area contributed by atoms with Crippen molar-refractivity contribution in [2.45, 2.75) is 40.0 Å². The fraction of sp³-hybridized carbons (Fsp3) is 0.400. The van der Waals surface area contributed by atoms with Crippen molar-refractivity contribution in [3.63, 3.8) is 0 Å². The summed E-state index contributed by atoms with van der Waals surface area (Å²) < 4.78 is 11.9. The Hall–Kier alpha value is -1.33. The first-order valence-electron chi connectivity index (χ1n) is 6.61. The molecule has 0 spiro atoms. The van der Waals surface area contributed by atoms with Gasteiger partial charge in [0.15, 0.2) is 5.76 Å². The lowest BCUT2D eigenvalue weighted by atomic mass is 10.2. The summed E-state index contributed by atoms with van der Waals surface area (Å²) in [7, 11) is 0. The fourth-order valence-corrected chi connectivity index (χ4v) is 2.30. The highest BCUT2D eigenvalue weighted by Gasteiger charge is 2.07. The van der Waals surface area contributed by atoms with E-state index in [1.54, 1.807) is 0 Å². The van der Waals surface area contributed by atoms with E-state index in [-0.39, 0.29) is 0 Å². The zero-order valence-electron chi connectivity index (χ0n) is 11.9. The van der Waals surface area contributed by atoms with Crippen molar-refractivity contribution < 1.29 is 9.26 Å². The number of hydrogen-bond donors (Lipinski definition) is 1. The molecule has 0 fully saturated rings. The van der Waals surface area contributed by atoms with E-state index in [4.69, 9.17) is 9.26 Å². The molecule has 0 bridgehead atoms. The molecule has 2 aromatic rings. The van der Waals surface area contributed by atoms with Crippen LogP contribution in [-0.2, 0) is 13.2 Å². The van der Waals surface area contributed by atoms with E-state index in [1.165, 1.54) is 5.56 Å². The molecular formula is C15H19BrN2O2. The second-order valence-electron chi connectivity index (χ2n) is 5.04. The maximum absolute atomic E-state index is 5.72. The Morgan fingerprint density at radius 3 is 2.85 bits per heavy atom. The molecule has 0 unspecified atom stereocenters. The third-order valence-corrected chi connectivity index (χ3v) is 3.38. The number of aromatic nitrogens is 1. The van der Waals surface area contributed by atoms with E-state index >= 15 is 0 Å². The average molecular weight is 339 g/mol. The van der Waals surface area contributed by atoms with Crippen molar-refractivity contribution in [1.82, 2.24) is 10.5 Å². The summed E-state index contributed by atoms with van der Waals surface area (Å²) in [4.78, 5) is 0. The first-order chi connectivity index (χ1) is 9.54. The van der Waals surface area contributed by atoms with E-state index in [1.807, 2.05) is 31.2 Å². The zero-order valence-corrected chi connectivity index (χ0v) is 13.5. The van der Waals surface area contributed by atoms with Crippen molar-refractivity contribution in [2.24, 2.45) is 0 Å². The molecule has 4 nitrogen and oxygen atoms in total. The van der Waals surface area contributed by atoms with Crippen molar-refractivity contribution in [3.8, 4) is 5.75 Å². The first-order valence-corrected chi connectivity index (χ1v) is 7.40. The van der Waals surface area contributed by atoms with Crippen LogP contribution in [0.1, 0.15) is 30.9 Å². The molecule has 0 aliphatic carbocycles. The van der Waals surface area contributed by atoms with Crippen molar-refractivity contribution in [1.29, 1.82) is 0 Å². The van der Waals surface area contributed by atoms with Gasteiger partial charge in [-0.3, -0.25) is 0 Å². The molecule has 0 saturated carbocycles. The summed E-state index contributed by atoms with van der Waals surface area (Å²) in [5, 5.41) is 7.30. The molecule has 5 heteroatoms. The largest absolute Gasteiger partial charge is 0.484 e. The molecule has 0 atom stereocenters.